The van der Waals surface area contributed by atoms with E-state index >= 15 is 0 Å². The van der Waals surface area contributed by atoms with Gasteiger partial charge in [-0.3, -0.25) is 0 Å². The summed E-state index contributed by atoms with van der Waals surface area (Å²) in [4.78, 5) is 2.41. The Morgan fingerprint density at radius 1 is 0.957 bits per heavy atom. The number of fused-ring (bicyclic) bond motifs is 2. The first-order valence-corrected chi connectivity index (χ1v) is 8.94. The zero-order valence-corrected chi connectivity index (χ0v) is 14.9. The minimum Gasteiger partial charge on any atom is -0.487 e. The smallest absolute Gasteiger partial charge is 0.141 e. The summed E-state index contributed by atoms with van der Waals surface area (Å²) in [5, 5.41) is 0. The summed E-state index contributed by atoms with van der Waals surface area (Å²) in [5.41, 5.74) is 6.78. The van der Waals surface area contributed by atoms with E-state index in [9.17, 15) is 0 Å². The molecule has 0 atom stereocenters. The second-order valence-electron chi connectivity index (χ2n) is 6.34. The van der Waals surface area contributed by atoms with Crippen LogP contribution in [0.15, 0.2) is 52.5 Å². The largest absolute Gasteiger partial charge is 0.487 e. The first-order chi connectivity index (χ1) is 11.2. The van der Waals surface area contributed by atoms with E-state index < -0.39 is 0 Å². The van der Waals surface area contributed by atoms with Crippen LogP contribution in [0.4, 0.5) is 0 Å². The van der Waals surface area contributed by atoms with Crippen molar-refractivity contribution in [2.75, 3.05) is 20.1 Å². The summed E-state index contributed by atoms with van der Waals surface area (Å²) < 4.78 is 7.19. The van der Waals surface area contributed by atoms with Crippen LogP contribution in [0.1, 0.15) is 29.5 Å². The zero-order chi connectivity index (χ0) is 15.8. The molecule has 0 aliphatic carbocycles. The number of piperidine rings is 1. The van der Waals surface area contributed by atoms with Gasteiger partial charge in [-0.1, -0.05) is 42.0 Å². The molecule has 23 heavy (non-hydrogen) atoms. The number of rotatable bonds is 0. The van der Waals surface area contributed by atoms with E-state index in [0.29, 0.717) is 6.61 Å². The van der Waals surface area contributed by atoms with Gasteiger partial charge in [-0.05, 0) is 58.6 Å². The number of hydrogen-bond donors (Lipinski definition) is 0. The Morgan fingerprint density at radius 3 is 2.52 bits per heavy atom. The lowest BCUT2D eigenvalue weighted by Crippen LogP contribution is -2.27. The van der Waals surface area contributed by atoms with Crippen molar-refractivity contribution in [1.29, 1.82) is 0 Å². The highest BCUT2D eigenvalue weighted by molar-refractivity contribution is 9.10. The molecule has 2 aliphatic rings. The monoisotopic (exact) mass is 369 g/mol. The summed E-state index contributed by atoms with van der Waals surface area (Å²) in [6.07, 6.45) is 2.26. The van der Waals surface area contributed by atoms with Crippen LogP contribution in [0.5, 0.6) is 5.75 Å². The number of hydrogen-bond acceptors (Lipinski definition) is 2. The van der Waals surface area contributed by atoms with Crippen molar-refractivity contribution >= 4 is 21.5 Å². The minimum atomic E-state index is 0.627. The predicted octanol–water partition coefficient (Wildman–Crippen LogP) is 4.87. The van der Waals surface area contributed by atoms with E-state index in [0.717, 1.165) is 36.2 Å². The Balaban J connectivity index is 1.96. The summed E-state index contributed by atoms with van der Waals surface area (Å²) in [6, 6.07) is 15.0. The van der Waals surface area contributed by atoms with Gasteiger partial charge < -0.3 is 9.64 Å². The van der Waals surface area contributed by atoms with Crippen molar-refractivity contribution in [1.82, 2.24) is 4.90 Å². The van der Waals surface area contributed by atoms with Gasteiger partial charge in [0, 0.05) is 18.7 Å². The Labute approximate surface area is 145 Å². The molecule has 2 nitrogen and oxygen atoms in total. The molecule has 3 heteroatoms. The number of halogens is 1. The molecular formula is C20H20BrNO. The second kappa shape index (κ2) is 6.14. The SMILES string of the molecule is CN1CCC(=C2c3ccccc3COc3c(Br)cccc32)CC1. The highest BCUT2D eigenvalue weighted by Crippen LogP contribution is 2.43. The van der Waals surface area contributed by atoms with Crippen LogP contribution >= 0.6 is 15.9 Å². The van der Waals surface area contributed by atoms with Crippen molar-refractivity contribution in [2.45, 2.75) is 19.4 Å². The van der Waals surface area contributed by atoms with Gasteiger partial charge in [0.25, 0.3) is 0 Å². The molecule has 2 aliphatic heterocycles. The molecule has 0 radical (unpaired) electrons. The Hall–Kier alpha value is -1.58. The molecule has 4 rings (SSSR count). The molecule has 2 aromatic rings. The van der Waals surface area contributed by atoms with Gasteiger partial charge in [0.1, 0.15) is 12.4 Å². The zero-order valence-electron chi connectivity index (χ0n) is 13.3. The lowest BCUT2D eigenvalue weighted by Gasteiger charge is -2.27. The average molecular weight is 370 g/mol. The second-order valence-corrected chi connectivity index (χ2v) is 7.20. The normalized spacial score (nSPS) is 18.0. The van der Waals surface area contributed by atoms with Crippen molar-refractivity contribution < 1.29 is 4.74 Å². The maximum absolute atomic E-state index is 6.16. The third kappa shape index (κ3) is 2.73. The van der Waals surface area contributed by atoms with E-state index in [1.165, 1.54) is 22.3 Å². The molecule has 0 amide bonds. The fourth-order valence-corrected chi connectivity index (χ4v) is 4.04. The Kier molecular flexibility index (Phi) is 4.00. The average Bonchev–Trinajstić information content (AvgIpc) is 2.74. The van der Waals surface area contributed by atoms with Crippen molar-refractivity contribution in [3.63, 3.8) is 0 Å². The molecule has 118 valence electrons. The number of benzene rings is 2. The van der Waals surface area contributed by atoms with Crippen LogP contribution in [0.3, 0.4) is 0 Å². The van der Waals surface area contributed by atoms with Gasteiger partial charge >= 0.3 is 0 Å². The van der Waals surface area contributed by atoms with Crippen LogP contribution in [0, 0.1) is 0 Å². The summed E-state index contributed by atoms with van der Waals surface area (Å²) in [7, 11) is 2.20. The number of ether oxygens (including phenoxy) is 1. The van der Waals surface area contributed by atoms with Gasteiger partial charge in [0.15, 0.2) is 0 Å². The van der Waals surface area contributed by atoms with E-state index in [2.05, 4.69) is 70.3 Å². The molecule has 0 saturated carbocycles. The molecule has 1 saturated heterocycles. The third-order valence-corrected chi connectivity index (χ3v) is 5.46. The maximum Gasteiger partial charge on any atom is 0.141 e. The fraction of sp³-hybridized carbons (Fsp3) is 0.300. The van der Waals surface area contributed by atoms with Gasteiger partial charge in [0.2, 0.25) is 0 Å². The van der Waals surface area contributed by atoms with E-state index in [1.54, 1.807) is 5.57 Å². The van der Waals surface area contributed by atoms with Gasteiger partial charge in [-0.15, -0.1) is 0 Å². The molecule has 0 unspecified atom stereocenters. The third-order valence-electron chi connectivity index (χ3n) is 4.84. The van der Waals surface area contributed by atoms with Crippen molar-refractivity contribution in [2.24, 2.45) is 0 Å². The fourth-order valence-electron chi connectivity index (χ4n) is 3.56. The highest BCUT2D eigenvalue weighted by Gasteiger charge is 2.24. The Bertz CT molecular complexity index is 771. The molecule has 2 aromatic carbocycles. The molecule has 1 fully saturated rings. The van der Waals surface area contributed by atoms with Crippen LogP contribution in [-0.2, 0) is 6.61 Å². The van der Waals surface area contributed by atoms with Gasteiger partial charge in [-0.2, -0.15) is 0 Å². The first-order valence-electron chi connectivity index (χ1n) is 8.14. The van der Waals surface area contributed by atoms with Crippen LogP contribution in [0.25, 0.3) is 5.57 Å². The summed E-state index contributed by atoms with van der Waals surface area (Å²) in [6.45, 7) is 2.89. The molecule has 0 bridgehead atoms. The molecular weight excluding hydrogens is 350 g/mol. The van der Waals surface area contributed by atoms with Crippen molar-refractivity contribution in [3.8, 4) is 5.75 Å². The van der Waals surface area contributed by atoms with E-state index in [4.69, 9.17) is 4.74 Å². The molecule has 0 N–H and O–H groups in total. The standard InChI is InChI=1S/C20H20BrNO/c1-22-11-9-14(10-12-22)19-16-6-3-2-5-15(16)13-23-20-17(19)7-4-8-18(20)21/h2-8H,9-13H2,1H3. The summed E-state index contributed by atoms with van der Waals surface area (Å²) >= 11 is 3.67. The summed E-state index contributed by atoms with van der Waals surface area (Å²) in [5.74, 6) is 0.977. The molecule has 0 spiro atoms. The maximum atomic E-state index is 6.16. The van der Waals surface area contributed by atoms with Gasteiger partial charge in [0.05, 0.1) is 4.47 Å². The van der Waals surface area contributed by atoms with Crippen molar-refractivity contribution in [3.05, 3.63) is 69.2 Å². The first kappa shape index (κ1) is 15.0. The number of likely N-dealkylation sites (tertiary alicyclic amines) is 1. The van der Waals surface area contributed by atoms with Crippen LogP contribution in [-0.4, -0.2) is 25.0 Å². The minimum absolute atomic E-state index is 0.627. The highest BCUT2D eigenvalue weighted by atomic mass is 79.9. The Morgan fingerprint density at radius 2 is 1.70 bits per heavy atom. The molecule has 0 aromatic heterocycles. The van der Waals surface area contributed by atoms with Crippen LogP contribution in [0.2, 0.25) is 0 Å². The lowest BCUT2D eigenvalue weighted by molar-refractivity contribution is 0.305. The number of nitrogens with zero attached hydrogens (tertiary/aromatic N) is 1. The quantitative estimate of drug-likeness (QED) is 0.656. The number of para-hydroxylation sites is 1. The lowest BCUT2D eigenvalue weighted by atomic mass is 9.86. The topological polar surface area (TPSA) is 12.5 Å². The predicted molar refractivity (Wildman–Crippen MR) is 97.7 cm³/mol. The van der Waals surface area contributed by atoms with E-state index in [-0.39, 0.29) is 0 Å². The van der Waals surface area contributed by atoms with Gasteiger partial charge in [-0.25, -0.2) is 0 Å². The van der Waals surface area contributed by atoms with Crippen LogP contribution < -0.4 is 4.74 Å². The van der Waals surface area contributed by atoms with E-state index in [1.807, 2.05) is 0 Å². The molecule has 2 heterocycles.